The lowest BCUT2D eigenvalue weighted by Crippen LogP contribution is -2.30. The van der Waals surface area contributed by atoms with Gasteiger partial charge in [0.15, 0.2) is 0 Å². The van der Waals surface area contributed by atoms with E-state index in [1.54, 1.807) is 7.11 Å². The van der Waals surface area contributed by atoms with Crippen molar-refractivity contribution >= 4 is 17.4 Å². The van der Waals surface area contributed by atoms with Crippen LogP contribution < -0.4 is 10.2 Å². The van der Waals surface area contributed by atoms with E-state index in [1.807, 2.05) is 12.3 Å². The first kappa shape index (κ1) is 14.6. The molecule has 1 N–H and O–H groups in total. The molecular formula is C14H22ClN3O. The topological polar surface area (TPSA) is 37.4 Å². The maximum atomic E-state index is 6.38. The molecule has 1 aliphatic carbocycles. The minimum Gasteiger partial charge on any atom is -0.383 e. The van der Waals surface area contributed by atoms with Gasteiger partial charge in [0.25, 0.3) is 0 Å². The fourth-order valence-electron chi connectivity index (χ4n) is 2.08. The Morgan fingerprint density at radius 1 is 1.53 bits per heavy atom. The molecule has 0 amide bonds. The molecule has 0 aromatic carbocycles. The lowest BCUT2D eigenvalue weighted by molar-refractivity contribution is 0.204. The van der Waals surface area contributed by atoms with Crippen LogP contribution in [0.2, 0.25) is 5.02 Å². The van der Waals surface area contributed by atoms with Crippen LogP contribution in [0, 0.1) is 0 Å². The predicted octanol–water partition coefficient (Wildman–Crippen LogP) is 2.46. The summed E-state index contributed by atoms with van der Waals surface area (Å²) in [6, 6.07) is 2.59. The van der Waals surface area contributed by atoms with Crippen LogP contribution in [0.4, 0.5) is 5.82 Å². The molecule has 5 heteroatoms. The van der Waals surface area contributed by atoms with Crippen molar-refractivity contribution in [3.05, 3.63) is 22.8 Å². The van der Waals surface area contributed by atoms with Gasteiger partial charge in [0, 0.05) is 32.4 Å². The molecule has 4 nitrogen and oxygen atoms in total. The van der Waals surface area contributed by atoms with E-state index >= 15 is 0 Å². The normalized spacial score (nSPS) is 14.7. The molecule has 0 spiro atoms. The molecule has 1 fully saturated rings. The Morgan fingerprint density at radius 3 is 2.89 bits per heavy atom. The molecule has 2 rings (SSSR count). The van der Waals surface area contributed by atoms with Crippen LogP contribution in [0.25, 0.3) is 0 Å². The summed E-state index contributed by atoms with van der Waals surface area (Å²) < 4.78 is 5.17. The summed E-state index contributed by atoms with van der Waals surface area (Å²) in [5.41, 5.74) is 1.12. The summed E-state index contributed by atoms with van der Waals surface area (Å²) in [4.78, 5) is 6.81. The van der Waals surface area contributed by atoms with Gasteiger partial charge in [-0.3, -0.25) is 0 Å². The number of rotatable bonds is 8. The van der Waals surface area contributed by atoms with E-state index in [9.17, 15) is 0 Å². The second-order valence-electron chi connectivity index (χ2n) is 4.85. The second-order valence-corrected chi connectivity index (χ2v) is 5.25. The highest BCUT2D eigenvalue weighted by Crippen LogP contribution is 2.34. The second kappa shape index (κ2) is 7.08. The van der Waals surface area contributed by atoms with Crippen LogP contribution in [0.1, 0.15) is 25.3 Å². The average molecular weight is 284 g/mol. The number of anilines is 1. The van der Waals surface area contributed by atoms with Crippen molar-refractivity contribution in [1.29, 1.82) is 0 Å². The fourth-order valence-corrected chi connectivity index (χ4v) is 2.38. The van der Waals surface area contributed by atoms with Crippen molar-refractivity contribution < 1.29 is 4.74 Å². The van der Waals surface area contributed by atoms with Gasteiger partial charge in [-0.25, -0.2) is 4.98 Å². The maximum Gasteiger partial charge on any atom is 0.147 e. The highest BCUT2D eigenvalue weighted by atomic mass is 35.5. The third kappa shape index (κ3) is 4.06. The molecule has 1 aromatic heterocycles. The lowest BCUT2D eigenvalue weighted by Gasteiger charge is -2.24. The first-order chi connectivity index (χ1) is 9.26. The summed E-state index contributed by atoms with van der Waals surface area (Å²) in [6.45, 7) is 5.39. The average Bonchev–Trinajstić information content (AvgIpc) is 3.23. The van der Waals surface area contributed by atoms with Crippen molar-refractivity contribution in [2.24, 2.45) is 0 Å². The van der Waals surface area contributed by atoms with Gasteiger partial charge in [-0.05, 0) is 31.0 Å². The van der Waals surface area contributed by atoms with Crippen molar-refractivity contribution in [2.75, 3.05) is 31.7 Å². The van der Waals surface area contributed by atoms with E-state index in [-0.39, 0.29) is 0 Å². The lowest BCUT2D eigenvalue weighted by atomic mass is 10.2. The third-order valence-electron chi connectivity index (χ3n) is 3.25. The molecule has 1 aliphatic rings. The molecule has 0 atom stereocenters. The molecule has 1 aromatic rings. The molecule has 19 heavy (non-hydrogen) atoms. The van der Waals surface area contributed by atoms with Crippen LogP contribution in [0.5, 0.6) is 0 Å². The first-order valence-corrected chi connectivity index (χ1v) is 7.24. The van der Waals surface area contributed by atoms with Gasteiger partial charge in [0.05, 0.1) is 11.6 Å². The molecular weight excluding hydrogens is 262 g/mol. The van der Waals surface area contributed by atoms with Gasteiger partial charge >= 0.3 is 0 Å². The Kier molecular flexibility index (Phi) is 5.43. The Balaban J connectivity index is 2.08. The summed E-state index contributed by atoms with van der Waals surface area (Å²) in [5.74, 6) is 0.890. The highest BCUT2D eigenvalue weighted by Gasteiger charge is 2.30. The van der Waals surface area contributed by atoms with Crippen LogP contribution >= 0.6 is 11.6 Å². The van der Waals surface area contributed by atoms with Crippen LogP contribution in [-0.2, 0) is 11.3 Å². The predicted molar refractivity (Wildman–Crippen MR) is 78.9 cm³/mol. The van der Waals surface area contributed by atoms with Gasteiger partial charge in [-0.2, -0.15) is 0 Å². The number of ether oxygens (including phenoxy) is 1. The Bertz CT molecular complexity index is 410. The fraction of sp³-hybridized carbons (Fsp3) is 0.643. The molecule has 0 radical (unpaired) electrons. The van der Waals surface area contributed by atoms with Gasteiger partial charge in [-0.15, -0.1) is 0 Å². The summed E-state index contributed by atoms with van der Waals surface area (Å²) in [7, 11) is 1.72. The molecule has 0 saturated heterocycles. The van der Waals surface area contributed by atoms with Gasteiger partial charge in [0.2, 0.25) is 0 Å². The molecule has 0 bridgehead atoms. The largest absolute Gasteiger partial charge is 0.383 e. The number of pyridine rings is 1. The summed E-state index contributed by atoms with van der Waals surface area (Å²) in [5, 5.41) is 4.01. The molecule has 0 aliphatic heterocycles. The van der Waals surface area contributed by atoms with Crippen LogP contribution in [-0.4, -0.2) is 37.8 Å². The van der Waals surface area contributed by atoms with Crippen LogP contribution in [0.15, 0.2) is 12.3 Å². The van der Waals surface area contributed by atoms with Crippen molar-refractivity contribution in [2.45, 2.75) is 32.4 Å². The maximum absolute atomic E-state index is 6.38. The number of nitrogens with zero attached hydrogens (tertiary/aromatic N) is 2. The first-order valence-electron chi connectivity index (χ1n) is 6.87. The Labute approximate surface area is 120 Å². The van der Waals surface area contributed by atoms with Crippen molar-refractivity contribution in [1.82, 2.24) is 10.3 Å². The number of methoxy groups -OCH3 is 1. The number of hydrogen-bond acceptors (Lipinski definition) is 4. The molecule has 1 heterocycles. The Morgan fingerprint density at radius 2 is 2.32 bits per heavy atom. The summed E-state index contributed by atoms with van der Waals surface area (Å²) in [6.07, 6.45) is 4.35. The van der Waals surface area contributed by atoms with Crippen molar-refractivity contribution in [3.63, 3.8) is 0 Å². The molecule has 106 valence electrons. The monoisotopic (exact) mass is 283 g/mol. The quantitative estimate of drug-likeness (QED) is 0.795. The van der Waals surface area contributed by atoms with E-state index < -0.39 is 0 Å². The Hall–Kier alpha value is -0.840. The number of nitrogens with one attached hydrogen (secondary N) is 1. The van der Waals surface area contributed by atoms with E-state index in [4.69, 9.17) is 16.3 Å². The number of hydrogen-bond donors (Lipinski definition) is 1. The minimum atomic E-state index is 0.583. The van der Waals surface area contributed by atoms with E-state index in [0.717, 1.165) is 36.0 Å². The third-order valence-corrected chi connectivity index (χ3v) is 3.53. The zero-order valence-corrected chi connectivity index (χ0v) is 12.4. The molecule has 0 unspecified atom stereocenters. The SMILES string of the molecule is CCNCc1cnc(N(CCOC)C2CC2)c(Cl)c1. The zero-order valence-electron chi connectivity index (χ0n) is 11.7. The van der Waals surface area contributed by atoms with E-state index in [2.05, 4.69) is 22.1 Å². The van der Waals surface area contributed by atoms with E-state index in [1.165, 1.54) is 12.8 Å². The highest BCUT2D eigenvalue weighted by molar-refractivity contribution is 6.33. The van der Waals surface area contributed by atoms with Crippen LogP contribution in [0.3, 0.4) is 0 Å². The van der Waals surface area contributed by atoms with Gasteiger partial charge in [0.1, 0.15) is 5.82 Å². The smallest absolute Gasteiger partial charge is 0.147 e. The summed E-state index contributed by atoms with van der Waals surface area (Å²) >= 11 is 6.38. The number of halogens is 1. The standard InChI is InChI=1S/C14H22ClN3O/c1-3-16-9-11-8-13(15)14(17-10-11)18(6-7-19-2)12-4-5-12/h8,10,12,16H,3-7,9H2,1-2H3. The zero-order chi connectivity index (χ0) is 13.7. The van der Waals surface area contributed by atoms with Gasteiger partial charge < -0.3 is 15.0 Å². The van der Waals surface area contributed by atoms with Crippen molar-refractivity contribution in [3.8, 4) is 0 Å². The van der Waals surface area contributed by atoms with E-state index in [0.29, 0.717) is 12.6 Å². The number of aromatic nitrogens is 1. The minimum absolute atomic E-state index is 0.583. The molecule has 1 saturated carbocycles. The van der Waals surface area contributed by atoms with Gasteiger partial charge in [-0.1, -0.05) is 18.5 Å².